The lowest BCUT2D eigenvalue weighted by atomic mass is 10.0. The van der Waals surface area contributed by atoms with E-state index in [1.165, 1.54) is 12.0 Å². The van der Waals surface area contributed by atoms with Crippen LogP contribution in [-0.4, -0.2) is 77.9 Å². The molecule has 2 heterocycles. The standard InChI is InChI=1S/C29H36N4O5/c1-38-29(37)25-15-9-17-33(25)28(36)23(19-21-12-6-3-7-13-21)31-26(34)24-14-8-16-32(24)27(35)22(30)18-20-10-4-2-5-11-20/h2-7,10-13,22-25H,8-9,14-19,30H2,1H3,(H,31,34)/t22-,23-,24-,25-/m0/s1. The zero-order valence-corrected chi connectivity index (χ0v) is 21.8. The van der Waals surface area contributed by atoms with Crippen molar-refractivity contribution in [3.05, 3.63) is 71.8 Å². The number of esters is 1. The number of likely N-dealkylation sites (tertiary alicyclic amines) is 2. The molecular formula is C29H36N4O5. The van der Waals surface area contributed by atoms with Gasteiger partial charge in [0.25, 0.3) is 0 Å². The minimum atomic E-state index is -0.884. The van der Waals surface area contributed by atoms with Crippen LogP contribution in [-0.2, 0) is 36.8 Å². The monoisotopic (exact) mass is 520 g/mol. The van der Waals surface area contributed by atoms with Crippen LogP contribution >= 0.6 is 0 Å². The second kappa shape index (κ2) is 12.7. The first-order valence-corrected chi connectivity index (χ1v) is 13.2. The maximum atomic E-state index is 13.7. The Morgan fingerprint density at radius 2 is 1.37 bits per heavy atom. The minimum Gasteiger partial charge on any atom is -0.467 e. The smallest absolute Gasteiger partial charge is 0.328 e. The largest absolute Gasteiger partial charge is 0.467 e. The number of nitrogens with one attached hydrogen (secondary N) is 1. The van der Waals surface area contributed by atoms with Crippen molar-refractivity contribution in [2.24, 2.45) is 5.73 Å². The van der Waals surface area contributed by atoms with Crippen molar-refractivity contribution in [3.8, 4) is 0 Å². The molecule has 2 aliphatic heterocycles. The fourth-order valence-electron chi connectivity index (χ4n) is 5.40. The molecule has 2 aromatic rings. The number of amides is 3. The van der Waals surface area contributed by atoms with E-state index in [9.17, 15) is 19.2 Å². The fourth-order valence-corrected chi connectivity index (χ4v) is 5.40. The third-order valence-electron chi connectivity index (χ3n) is 7.36. The number of ether oxygens (including phenoxy) is 1. The Morgan fingerprint density at radius 1 is 0.842 bits per heavy atom. The Hall–Kier alpha value is -3.72. The molecule has 202 valence electrons. The third kappa shape index (κ3) is 6.39. The molecule has 2 saturated heterocycles. The number of hydrogen-bond donors (Lipinski definition) is 2. The molecule has 38 heavy (non-hydrogen) atoms. The van der Waals surface area contributed by atoms with Gasteiger partial charge in [-0.2, -0.15) is 0 Å². The molecule has 0 radical (unpaired) electrons. The lowest BCUT2D eigenvalue weighted by molar-refractivity contribution is -0.152. The van der Waals surface area contributed by atoms with Crippen molar-refractivity contribution in [2.45, 2.75) is 62.7 Å². The van der Waals surface area contributed by atoms with Gasteiger partial charge in [-0.05, 0) is 43.2 Å². The highest BCUT2D eigenvalue weighted by molar-refractivity contribution is 5.95. The summed E-state index contributed by atoms with van der Waals surface area (Å²) in [6.07, 6.45) is 3.02. The van der Waals surface area contributed by atoms with E-state index in [2.05, 4.69) is 5.32 Å². The predicted molar refractivity (Wildman–Crippen MR) is 142 cm³/mol. The highest BCUT2D eigenvalue weighted by Crippen LogP contribution is 2.22. The number of rotatable bonds is 9. The Balaban J connectivity index is 1.48. The van der Waals surface area contributed by atoms with Gasteiger partial charge in [0.1, 0.15) is 18.1 Å². The molecule has 9 heteroatoms. The van der Waals surface area contributed by atoms with Gasteiger partial charge in [0.15, 0.2) is 0 Å². The molecule has 3 N–H and O–H groups in total. The Kier molecular flexibility index (Phi) is 9.12. The molecule has 0 saturated carbocycles. The van der Waals surface area contributed by atoms with Gasteiger partial charge in [-0.1, -0.05) is 60.7 Å². The summed E-state index contributed by atoms with van der Waals surface area (Å²) in [4.78, 5) is 55.8. The zero-order chi connectivity index (χ0) is 27.1. The van der Waals surface area contributed by atoms with E-state index >= 15 is 0 Å². The molecule has 0 spiro atoms. The SMILES string of the molecule is COC(=O)[C@@H]1CCCN1C(=O)[C@H](Cc1ccccc1)NC(=O)[C@@H]1CCCN1C(=O)[C@@H](N)Cc1ccccc1. The number of carbonyl (C=O) groups excluding carboxylic acids is 4. The predicted octanol–water partition coefficient (Wildman–Crippen LogP) is 1.44. The molecule has 4 atom stereocenters. The second-order valence-electron chi connectivity index (χ2n) is 9.95. The Morgan fingerprint density at radius 3 is 1.95 bits per heavy atom. The van der Waals surface area contributed by atoms with Crippen LogP contribution in [0.2, 0.25) is 0 Å². The van der Waals surface area contributed by atoms with Crippen LogP contribution in [0, 0.1) is 0 Å². The Bertz CT molecular complexity index is 1130. The van der Waals surface area contributed by atoms with Crippen molar-refractivity contribution in [1.29, 1.82) is 0 Å². The molecule has 4 rings (SSSR count). The van der Waals surface area contributed by atoms with Gasteiger partial charge in [0.05, 0.1) is 13.2 Å². The molecule has 3 amide bonds. The fraction of sp³-hybridized carbons (Fsp3) is 0.448. The van der Waals surface area contributed by atoms with Crippen molar-refractivity contribution in [3.63, 3.8) is 0 Å². The number of nitrogens with zero attached hydrogens (tertiary/aromatic N) is 2. The van der Waals surface area contributed by atoms with Gasteiger partial charge in [0.2, 0.25) is 17.7 Å². The van der Waals surface area contributed by atoms with Crippen LogP contribution < -0.4 is 11.1 Å². The van der Waals surface area contributed by atoms with Crippen molar-refractivity contribution < 1.29 is 23.9 Å². The molecule has 0 aromatic heterocycles. The number of carbonyl (C=O) groups is 4. The van der Waals surface area contributed by atoms with Crippen LogP contribution in [0.5, 0.6) is 0 Å². The Labute approximate surface area is 223 Å². The second-order valence-corrected chi connectivity index (χ2v) is 9.95. The molecule has 0 unspecified atom stereocenters. The van der Waals surface area contributed by atoms with Gasteiger partial charge in [-0.25, -0.2) is 4.79 Å². The van der Waals surface area contributed by atoms with Crippen molar-refractivity contribution in [1.82, 2.24) is 15.1 Å². The van der Waals surface area contributed by atoms with Crippen LogP contribution in [0.4, 0.5) is 0 Å². The first kappa shape index (κ1) is 27.3. The van der Waals surface area contributed by atoms with E-state index in [0.717, 1.165) is 11.1 Å². The summed E-state index contributed by atoms with van der Waals surface area (Å²) >= 11 is 0. The van der Waals surface area contributed by atoms with E-state index in [4.69, 9.17) is 10.5 Å². The highest BCUT2D eigenvalue weighted by Gasteiger charge is 2.41. The normalized spacial score (nSPS) is 20.6. The quantitative estimate of drug-likeness (QED) is 0.483. The minimum absolute atomic E-state index is 0.268. The van der Waals surface area contributed by atoms with Crippen molar-refractivity contribution >= 4 is 23.7 Å². The lowest BCUT2D eigenvalue weighted by Crippen LogP contribution is -2.57. The van der Waals surface area contributed by atoms with E-state index in [1.54, 1.807) is 4.90 Å². The van der Waals surface area contributed by atoms with Crippen LogP contribution in [0.15, 0.2) is 60.7 Å². The van der Waals surface area contributed by atoms with Crippen LogP contribution in [0.1, 0.15) is 36.8 Å². The van der Waals surface area contributed by atoms with E-state index in [-0.39, 0.29) is 24.1 Å². The molecule has 2 fully saturated rings. The summed E-state index contributed by atoms with van der Waals surface area (Å²) in [5, 5.41) is 2.92. The van der Waals surface area contributed by atoms with E-state index < -0.39 is 30.1 Å². The van der Waals surface area contributed by atoms with E-state index in [1.807, 2.05) is 60.7 Å². The average molecular weight is 521 g/mol. The lowest BCUT2D eigenvalue weighted by Gasteiger charge is -2.31. The van der Waals surface area contributed by atoms with Crippen molar-refractivity contribution in [2.75, 3.05) is 20.2 Å². The molecule has 0 aliphatic carbocycles. The highest BCUT2D eigenvalue weighted by atomic mass is 16.5. The number of nitrogens with two attached hydrogens (primary N) is 1. The molecular weight excluding hydrogens is 484 g/mol. The number of hydrogen-bond acceptors (Lipinski definition) is 6. The van der Waals surface area contributed by atoms with E-state index in [0.29, 0.717) is 45.2 Å². The first-order chi connectivity index (χ1) is 18.4. The van der Waals surface area contributed by atoms with Gasteiger partial charge in [-0.15, -0.1) is 0 Å². The summed E-state index contributed by atoms with van der Waals surface area (Å²) in [7, 11) is 1.31. The molecule has 0 bridgehead atoms. The van der Waals surface area contributed by atoms with Gasteiger partial charge in [-0.3, -0.25) is 14.4 Å². The van der Waals surface area contributed by atoms with Gasteiger partial charge >= 0.3 is 5.97 Å². The summed E-state index contributed by atoms with van der Waals surface area (Å²) in [5.74, 6) is -1.44. The van der Waals surface area contributed by atoms with Crippen LogP contribution in [0.3, 0.4) is 0 Å². The zero-order valence-electron chi connectivity index (χ0n) is 21.8. The number of methoxy groups -OCH3 is 1. The van der Waals surface area contributed by atoms with Gasteiger partial charge < -0.3 is 25.6 Å². The number of benzene rings is 2. The first-order valence-electron chi connectivity index (χ1n) is 13.2. The molecule has 9 nitrogen and oxygen atoms in total. The molecule has 2 aliphatic rings. The summed E-state index contributed by atoms with van der Waals surface area (Å²) in [6.45, 7) is 0.857. The maximum Gasteiger partial charge on any atom is 0.328 e. The average Bonchev–Trinajstić information content (AvgIpc) is 3.63. The summed E-state index contributed by atoms with van der Waals surface area (Å²) in [5.41, 5.74) is 8.09. The summed E-state index contributed by atoms with van der Waals surface area (Å²) < 4.78 is 4.90. The topological polar surface area (TPSA) is 122 Å². The maximum absolute atomic E-state index is 13.7. The summed E-state index contributed by atoms with van der Waals surface area (Å²) in [6, 6.07) is 15.9. The van der Waals surface area contributed by atoms with Crippen LogP contribution in [0.25, 0.3) is 0 Å². The third-order valence-corrected chi connectivity index (χ3v) is 7.36. The molecule has 2 aromatic carbocycles. The van der Waals surface area contributed by atoms with Gasteiger partial charge in [0, 0.05) is 19.5 Å².